The predicted molar refractivity (Wildman–Crippen MR) is 79.5 cm³/mol. The Morgan fingerprint density at radius 3 is 2.85 bits per heavy atom. The number of para-hydroxylation sites is 1. The van der Waals surface area contributed by atoms with Gasteiger partial charge in [-0.1, -0.05) is 25.1 Å². The molecule has 1 aromatic carbocycles. The first-order valence-corrected chi connectivity index (χ1v) is 6.78. The van der Waals surface area contributed by atoms with Crippen LogP contribution in [-0.2, 0) is 17.8 Å². The molecule has 0 aliphatic heterocycles. The maximum absolute atomic E-state index is 12.0. The Bertz CT molecular complexity index is 577. The van der Waals surface area contributed by atoms with E-state index in [-0.39, 0.29) is 12.3 Å². The molecular weight excluding hydrogens is 252 g/mol. The molecule has 1 heterocycles. The van der Waals surface area contributed by atoms with Crippen LogP contribution in [0.4, 0.5) is 5.69 Å². The second-order valence-electron chi connectivity index (χ2n) is 4.70. The summed E-state index contributed by atoms with van der Waals surface area (Å²) in [5, 5.41) is 13.1. The Morgan fingerprint density at radius 2 is 2.15 bits per heavy atom. The normalized spacial score (nSPS) is 10.5. The van der Waals surface area contributed by atoms with E-state index in [0.717, 1.165) is 35.7 Å². The monoisotopic (exact) mass is 272 g/mol. The van der Waals surface area contributed by atoms with Gasteiger partial charge in [0.05, 0.1) is 12.1 Å². The minimum absolute atomic E-state index is 0.0551. The number of anilines is 1. The number of benzene rings is 1. The molecule has 2 rings (SSSR count). The summed E-state index contributed by atoms with van der Waals surface area (Å²) in [5.74, 6) is -0.0551. The number of amides is 1. The van der Waals surface area contributed by atoms with Crippen molar-refractivity contribution < 1.29 is 4.79 Å². The lowest BCUT2D eigenvalue weighted by molar-refractivity contribution is -0.115. The van der Waals surface area contributed by atoms with Gasteiger partial charge in [-0.25, -0.2) is 0 Å². The van der Waals surface area contributed by atoms with E-state index in [4.69, 9.17) is 0 Å². The number of hydrogen-bond acceptors (Lipinski definition) is 3. The molecule has 0 aliphatic carbocycles. The summed E-state index contributed by atoms with van der Waals surface area (Å²) >= 11 is 0. The van der Waals surface area contributed by atoms with Crippen LogP contribution in [0.3, 0.4) is 0 Å². The highest BCUT2D eigenvalue weighted by molar-refractivity contribution is 5.92. The summed E-state index contributed by atoms with van der Waals surface area (Å²) in [5.41, 5.74) is 3.65. The predicted octanol–water partition coefficient (Wildman–Crippen LogP) is 2.01. The van der Waals surface area contributed by atoms with Crippen LogP contribution in [0.2, 0.25) is 0 Å². The van der Waals surface area contributed by atoms with Crippen molar-refractivity contribution in [3.8, 4) is 0 Å². The van der Waals surface area contributed by atoms with Crippen LogP contribution < -0.4 is 10.6 Å². The van der Waals surface area contributed by atoms with E-state index in [1.807, 2.05) is 37.3 Å². The van der Waals surface area contributed by atoms with Gasteiger partial charge in [-0.2, -0.15) is 5.10 Å². The largest absolute Gasteiger partial charge is 0.325 e. The number of rotatable bonds is 6. The van der Waals surface area contributed by atoms with Gasteiger partial charge in [0, 0.05) is 17.9 Å². The number of carbonyl (C=O) groups excluding carboxylic acids is 1. The molecule has 0 saturated carbocycles. The molecule has 0 unspecified atom stereocenters. The number of hydrogen-bond donors (Lipinski definition) is 3. The molecule has 3 N–H and O–H groups in total. The minimum Gasteiger partial charge on any atom is -0.325 e. The van der Waals surface area contributed by atoms with Crippen LogP contribution >= 0.6 is 0 Å². The quantitative estimate of drug-likeness (QED) is 0.753. The fraction of sp³-hybridized carbons (Fsp3) is 0.333. The fourth-order valence-corrected chi connectivity index (χ4v) is 1.98. The van der Waals surface area contributed by atoms with Gasteiger partial charge in [0.25, 0.3) is 0 Å². The Labute approximate surface area is 118 Å². The fourth-order valence-electron chi connectivity index (χ4n) is 1.98. The van der Waals surface area contributed by atoms with Gasteiger partial charge >= 0.3 is 0 Å². The highest BCUT2D eigenvalue weighted by atomic mass is 16.1. The van der Waals surface area contributed by atoms with E-state index in [1.54, 1.807) is 0 Å². The smallest absolute Gasteiger partial charge is 0.230 e. The topological polar surface area (TPSA) is 69.8 Å². The van der Waals surface area contributed by atoms with Crippen molar-refractivity contribution in [2.45, 2.75) is 26.8 Å². The van der Waals surface area contributed by atoms with E-state index >= 15 is 0 Å². The second kappa shape index (κ2) is 6.86. The van der Waals surface area contributed by atoms with Gasteiger partial charge in [-0.15, -0.1) is 0 Å². The third-order valence-corrected chi connectivity index (χ3v) is 2.96. The van der Waals surface area contributed by atoms with Crippen molar-refractivity contribution in [3.63, 3.8) is 0 Å². The highest BCUT2D eigenvalue weighted by Crippen LogP contribution is 2.15. The first-order chi connectivity index (χ1) is 9.69. The van der Waals surface area contributed by atoms with Crippen molar-refractivity contribution in [3.05, 3.63) is 47.3 Å². The molecular formula is C15H20N4O. The Hall–Kier alpha value is -2.14. The number of aromatic amines is 1. The maximum Gasteiger partial charge on any atom is 0.230 e. The molecule has 5 nitrogen and oxygen atoms in total. The molecule has 5 heteroatoms. The Balaban J connectivity index is 2.00. The van der Waals surface area contributed by atoms with Crippen molar-refractivity contribution >= 4 is 11.6 Å². The van der Waals surface area contributed by atoms with Gasteiger partial charge in [-0.3, -0.25) is 9.89 Å². The Kier molecular flexibility index (Phi) is 4.90. The molecule has 106 valence electrons. The van der Waals surface area contributed by atoms with Crippen molar-refractivity contribution in [2.75, 3.05) is 11.9 Å². The van der Waals surface area contributed by atoms with Crippen LogP contribution in [0.5, 0.6) is 0 Å². The van der Waals surface area contributed by atoms with Gasteiger partial charge < -0.3 is 10.6 Å². The van der Waals surface area contributed by atoms with E-state index in [9.17, 15) is 4.79 Å². The summed E-state index contributed by atoms with van der Waals surface area (Å²) in [4.78, 5) is 12.0. The standard InChI is InChI=1S/C15H20N4O/c1-3-16-10-12-6-4-5-7-14(12)17-15(20)9-13-8-11(2)18-19-13/h4-8,16H,3,9-10H2,1-2H3,(H,17,20)(H,18,19). The van der Waals surface area contributed by atoms with E-state index in [0.29, 0.717) is 0 Å². The van der Waals surface area contributed by atoms with Crippen molar-refractivity contribution in [2.24, 2.45) is 0 Å². The number of aryl methyl sites for hydroxylation is 1. The van der Waals surface area contributed by atoms with Crippen LogP contribution in [-0.4, -0.2) is 22.6 Å². The number of nitrogens with zero attached hydrogens (tertiary/aromatic N) is 1. The number of aromatic nitrogens is 2. The van der Waals surface area contributed by atoms with Gasteiger partial charge in [0.2, 0.25) is 5.91 Å². The maximum atomic E-state index is 12.0. The van der Waals surface area contributed by atoms with E-state index < -0.39 is 0 Å². The molecule has 0 aliphatic rings. The van der Waals surface area contributed by atoms with Crippen LogP contribution in [0.25, 0.3) is 0 Å². The zero-order chi connectivity index (χ0) is 14.4. The summed E-state index contributed by atoms with van der Waals surface area (Å²) in [6.07, 6.45) is 0.278. The van der Waals surface area contributed by atoms with E-state index in [2.05, 4.69) is 27.8 Å². The van der Waals surface area contributed by atoms with Crippen LogP contribution in [0.15, 0.2) is 30.3 Å². The first kappa shape index (κ1) is 14.3. The SMILES string of the molecule is CCNCc1ccccc1NC(=O)Cc1cc(C)[nH]n1. The summed E-state index contributed by atoms with van der Waals surface area (Å²) < 4.78 is 0. The minimum atomic E-state index is -0.0551. The summed E-state index contributed by atoms with van der Waals surface area (Å²) in [7, 11) is 0. The number of carbonyl (C=O) groups is 1. The molecule has 0 bridgehead atoms. The summed E-state index contributed by atoms with van der Waals surface area (Å²) in [6.45, 7) is 5.62. The molecule has 0 fully saturated rings. The third kappa shape index (κ3) is 3.93. The van der Waals surface area contributed by atoms with E-state index in [1.165, 1.54) is 0 Å². The summed E-state index contributed by atoms with van der Waals surface area (Å²) in [6, 6.07) is 9.70. The zero-order valence-corrected chi connectivity index (χ0v) is 11.9. The van der Waals surface area contributed by atoms with Crippen molar-refractivity contribution in [1.29, 1.82) is 0 Å². The third-order valence-electron chi connectivity index (χ3n) is 2.96. The highest BCUT2D eigenvalue weighted by Gasteiger charge is 2.09. The molecule has 1 aromatic heterocycles. The second-order valence-corrected chi connectivity index (χ2v) is 4.70. The molecule has 0 atom stereocenters. The van der Waals surface area contributed by atoms with Crippen LogP contribution in [0.1, 0.15) is 23.9 Å². The lowest BCUT2D eigenvalue weighted by Gasteiger charge is -2.10. The van der Waals surface area contributed by atoms with Gasteiger partial charge in [-0.05, 0) is 31.2 Å². The number of H-pyrrole nitrogens is 1. The molecule has 0 radical (unpaired) electrons. The average Bonchev–Trinajstić information content (AvgIpc) is 2.83. The zero-order valence-electron chi connectivity index (χ0n) is 11.9. The average molecular weight is 272 g/mol. The molecule has 2 aromatic rings. The first-order valence-electron chi connectivity index (χ1n) is 6.78. The molecule has 0 saturated heterocycles. The van der Waals surface area contributed by atoms with Crippen molar-refractivity contribution in [1.82, 2.24) is 15.5 Å². The molecule has 0 spiro atoms. The lowest BCUT2D eigenvalue weighted by Crippen LogP contribution is -2.18. The lowest BCUT2D eigenvalue weighted by atomic mass is 10.1. The number of nitrogens with one attached hydrogen (secondary N) is 3. The van der Waals surface area contributed by atoms with Gasteiger partial charge in [0.15, 0.2) is 0 Å². The molecule has 20 heavy (non-hydrogen) atoms. The van der Waals surface area contributed by atoms with Crippen LogP contribution in [0, 0.1) is 6.92 Å². The molecule has 1 amide bonds. The Morgan fingerprint density at radius 1 is 1.35 bits per heavy atom. The van der Waals surface area contributed by atoms with Gasteiger partial charge in [0.1, 0.15) is 0 Å².